The van der Waals surface area contributed by atoms with Gasteiger partial charge in [0.15, 0.2) is 11.6 Å². The fourth-order valence-electron chi connectivity index (χ4n) is 3.46. The van der Waals surface area contributed by atoms with Crippen molar-refractivity contribution in [1.82, 2.24) is 20.0 Å². The first-order valence-corrected chi connectivity index (χ1v) is 10.1. The minimum absolute atomic E-state index is 0.218. The maximum Gasteiger partial charge on any atom is 0.188 e. The lowest BCUT2D eigenvalue weighted by molar-refractivity contribution is 0.0891. The van der Waals surface area contributed by atoms with Crippen molar-refractivity contribution in [3.63, 3.8) is 0 Å². The lowest BCUT2D eigenvalue weighted by atomic mass is 9.96. The second-order valence-electron chi connectivity index (χ2n) is 7.50. The first-order valence-electron chi connectivity index (χ1n) is 10.1. The van der Waals surface area contributed by atoms with Crippen molar-refractivity contribution in [3.05, 3.63) is 113 Å². The van der Waals surface area contributed by atoms with Gasteiger partial charge in [-0.2, -0.15) is 15.0 Å². The minimum atomic E-state index is -0.280. The summed E-state index contributed by atoms with van der Waals surface area (Å²) >= 11 is 0. The van der Waals surface area contributed by atoms with Crippen LogP contribution in [0.4, 0.5) is 0 Å². The zero-order valence-electron chi connectivity index (χ0n) is 17.2. The van der Waals surface area contributed by atoms with Crippen LogP contribution in [0.25, 0.3) is 0 Å². The van der Waals surface area contributed by atoms with Gasteiger partial charge in [0, 0.05) is 11.8 Å². The highest BCUT2D eigenvalue weighted by atomic mass is 16.1. The van der Waals surface area contributed by atoms with Gasteiger partial charge in [-0.3, -0.25) is 14.6 Å². The Balaban J connectivity index is 1.60. The van der Waals surface area contributed by atoms with E-state index in [-0.39, 0.29) is 18.0 Å². The summed E-state index contributed by atoms with van der Waals surface area (Å²) in [5.41, 5.74) is 4.82. The Hall–Kier alpha value is -3.93. The highest BCUT2D eigenvalue weighted by Gasteiger charge is 2.17. The van der Waals surface area contributed by atoms with Crippen molar-refractivity contribution in [2.75, 3.05) is 0 Å². The van der Waals surface area contributed by atoms with Crippen LogP contribution in [0, 0.1) is 6.92 Å². The molecule has 0 saturated heterocycles. The maximum atomic E-state index is 13.0. The normalized spacial score (nSPS) is 10.7. The van der Waals surface area contributed by atoms with E-state index in [2.05, 4.69) is 33.4 Å². The average Bonchev–Trinajstić information content (AvgIpc) is 3.27. The van der Waals surface area contributed by atoms with Gasteiger partial charge in [-0.15, -0.1) is 0 Å². The van der Waals surface area contributed by atoms with E-state index >= 15 is 0 Å². The van der Waals surface area contributed by atoms with E-state index in [4.69, 9.17) is 0 Å². The fourth-order valence-corrected chi connectivity index (χ4v) is 3.46. The molecule has 0 radical (unpaired) electrons. The largest absolute Gasteiger partial charge is 0.294 e. The fraction of sp³-hybridized carbons (Fsp3) is 0.160. The molecule has 4 aromatic rings. The van der Waals surface area contributed by atoms with E-state index in [1.807, 2.05) is 43.3 Å². The van der Waals surface area contributed by atoms with Crippen LogP contribution in [-0.2, 0) is 13.0 Å². The molecule has 0 unspecified atom stereocenters. The van der Waals surface area contributed by atoms with Crippen LogP contribution in [0.3, 0.4) is 0 Å². The monoisotopic (exact) mass is 410 g/mol. The number of aromatic nitrogens is 4. The van der Waals surface area contributed by atoms with E-state index in [1.54, 1.807) is 29.5 Å². The summed E-state index contributed by atoms with van der Waals surface area (Å²) in [5, 5.41) is 8.31. The Morgan fingerprint density at radius 1 is 0.806 bits per heavy atom. The zero-order chi connectivity index (χ0) is 21.6. The standard InChI is InChI=1S/C25H22N4O2/c1-18-7-8-26-23(11-18)25(31)16-24(30)22-14-20(12-19-5-3-2-4-6-19)13-21(15-22)17-29-27-9-10-28-29/h2-11,13-15H,12,16-17H2,1H3. The molecule has 0 saturated carbocycles. The quantitative estimate of drug-likeness (QED) is 0.323. The number of benzene rings is 2. The SMILES string of the molecule is Cc1ccnc(C(=O)CC(=O)c2cc(Cc3ccccc3)cc(Cn3nccn3)c2)c1. The number of Topliss-reactive ketones (excluding diaryl/α,β-unsaturated/α-hetero) is 2. The third kappa shape index (κ3) is 5.36. The molecule has 0 spiro atoms. The number of carbonyl (C=O) groups is 2. The van der Waals surface area contributed by atoms with Crippen molar-refractivity contribution >= 4 is 11.6 Å². The van der Waals surface area contributed by atoms with E-state index < -0.39 is 0 Å². The summed E-state index contributed by atoms with van der Waals surface area (Å²) in [4.78, 5) is 31.2. The topological polar surface area (TPSA) is 77.7 Å². The Kier molecular flexibility index (Phi) is 6.08. The van der Waals surface area contributed by atoms with Crippen LogP contribution in [0.15, 0.2) is 79.3 Å². The molecule has 0 atom stereocenters. The zero-order valence-corrected chi connectivity index (χ0v) is 17.2. The van der Waals surface area contributed by atoms with Crippen LogP contribution < -0.4 is 0 Å². The molecule has 6 nitrogen and oxygen atoms in total. The van der Waals surface area contributed by atoms with Crippen LogP contribution >= 0.6 is 0 Å². The number of pyridine rings is 1. The van der Waals surface area contributed by atoms with E-state index in [0.29, 0.717) is 24.2 Å². The summed E-state index contributed by atoms with van der Waals surface area (Å²) in [7, 11) is 0. The number of aryl methyl sites for hydroxylation is 1. The van der Waals surface area contributed by atoms with Crippen molar-refractivity contribution in [3.8, 4) is 0 Å². The Morgan fingerprint density at radius 3 is 2.29 bits per heavy atom. The molecular weight excluding hydrogens is 388 g/mol. The third-order valence-electron chi connectivity index (χ3n) is 4.94. The second kappa shape index (κ2) is 9.26. The van der Waals surface area contributed by atoms with Gasteiger partial charge in [0.05, 0.1) is 25.4 Å². The van der Waals surface area contributed by atoms with Gasteiger partial charge in [-0.05, 0) is 59.9 Å². The van der Waals surface area contributed by atoms with E-state index in [1.165, 1.54) is 0 Å². The van der Waals surface area contributed by atoms with Gasteiger partial charge in [0.2, 0.25) is 0 Å². The summed E-state index contributed by atoms with van der Waals surface area (Å²) < 4.78 is 0. The van der Waals surface area contributed by atoms with Gasteiger partial charge in [-0.1, -0.05) is 36.4 Å². The molecule has 0 amide bonds. The minimum Gasteiger partial charge on any atom is -0.294 e. The molecule has 0 fully saturated rings. The highest BCUT2D eigenvalue weighted by molar-refractivity contribution is 6.13. The summed E-state index contributed by atoms with van der Waals surface area (Å²) in [5.74, 6) is -0.504. The lowest BCUT2D eigenvalue weighted by Crippen LogP contribution is -2.12. The molecule has 2 aromatic heterocycles. The van der Waals surface area contributed by atoms with Crippen LogP contribution in [0.5, 0.6) is 0 Å². The molecule has 0 aliphatic heterocycles. The van der Waals surface area contributed by atoms with Crippen molar-refractivity contribution in [2.45, 2.75) is 26.3 Å². The van der Waals surface area contributed by atoms with Gasteiger partial charge in [0.1, 0.15) is 5.69 Å². The van der Waals surface area contributed by atoms with Gasteiger partial charge in [-0.25, -0.2) is 0 Å². The molecule has 6 heteroatoms. The molecule has 31 heavy (non-hydrogen) atoms. The van der Waals surface area contributed by atoms with Gasteiger partial charge >= 0.3 is 0 Å². The third-order valence-corrected chi connectivity index (χ3v) is 4.94. The molecule has 0 bridgehead atoms. The Labute approximate surface area is 180 Å². The predicted molar refractivity (Wildman–Crippen MR) is 117 cm³/mol. The average molecular weight is 410 g/mol. The summed E-state index contributed by atoms with van der Waals surface area (Å²) in [6.07, 6.45) is 5.29. The van der Waals surface area contributed by atoms with Gasteiger partial charge < -0.3 is 0 Å². The van der Waals surface area contributed by atoms with E-state index in [0.717, 1.165) is 22.3 Å². The van der Waals surface area contributed by atoms with Gasteiger partial charge in [0.25, 0.3) is 0 Å². The molecule has 2 heterocycles. The van der Waals surface area contributed by atoms with Crippen LogP contribution in [-0.4, -0.2) is 31.5 Å². The summed E-state index contributed by atoms with van der Waals surface area (Å²) in [6.45, 7) is 2.34. The Morgan fingerprint density at radius 2 is 1.55 bits per heavy atom. The molecule has 154 valence electrons. The molecule has 0 N–H and O–H groups in total. The van der Waals surface area contributed by atoms with Crippen LogP contribution in [0.1, 0.15) is 49.5 Å². The van der Waals surface area contributed by atoms with Crippen LogP contribution in [0.2, 0.25) is 0 Å². The van der Waals surface area contributed by atoms with Crippen molar-refractivity contribution in [2.24, 2.45) is 0 Å². The number of hydrogen-bond acceptors (Lipinski definition) is 5. The number of carbonyl (C=O) groups excluding carboxylic acids is 2. The second-order valence-corrected chi connectivity index (χ2v) is 7.50. The first kappa shape index (κ1) is 20.3. The van der Waals surface area contributed by atoms with Crippen molar-refractivity contribution in [1.29, 1.82) is 0 Å². The number of ketones is 2. The van der Waals surface area contributed by atoms with Crippen molar-refractivity contribution < 1.29 is 9.59 Å². The first-order chi connectivity index (χ1) is 15.1. The van der Waals surface area contributed by atoms with E-state index in [9.17, 15) is 9.59 Å². The molecular formula is C25H22N4O2. The molecule has 4 rings (SSSR count). The Bertz CT molecular complexity index is 1200. The highest BCUT2D eigenvalue weighted by Crippen LogP contribution is 2.18. The smallest absolute Gasteiger partial charge is 0.188 e. The number of hydrogen-bond donors (Lipinski definition) is 0. The molecule has 0 aliphatic carbocycles. The maximum absolute atomic E-state index is 13.0. The predicted octanol–water partition coefficient (Wildman–Crippen LogP) is 4.08. The molecule has 2 aromatic carbocycles. The number of rotatable bonds is 8. The summed E-state index contributed by atoms with van der Waals surface area (Å²) in [6, 6.07) is 19.3. The number of nitrogens with zero attached hydrogens (tertiary/aromatic N) is 4. The lowest BCUT2D eigenvalue weighted by Gasteiger charge is -2.10. The molecule has 0 aliphatic rings.